The Bertz CT molecular complexity index is 650. The summed E-state index contributed by atoms with van der Waals surface area (Å²) in [7, 11) is 1.39. The van der Waals surface area contributed by atoms with Crippen LogP contribution in [0, 0.1) is 19.7 Å². The SMILES string of the molecule is COc1cc(-c2nc(C)c(C)c(=O)[nH]2)ccc1F. The fourth-order valence-corrected chi connectivity index (χ4v) is 1.59. The molecule has 0 bridgehead atoms. The summed E-state index contributed by atoms with van der Waals surface area (Å²) < 4.78 is 18.2. The first kappa shape index (κ1) is 12.3. The maximum absolute atomic E-state index is 13.3. The van der Waals surface area contributed by atoms with Gasteiger partial charge in [0, 0.05) is 16.8 Å². The van der Waals surface area contributed by atoms with E-state index in [0.29, 0.717) is 22.6 Å². The number of hydrogen-bond acceptors (Lipinski definition) is 3. The van der Waals surface area contributed by atoms with E-state index in [2.05, 4.69) is 9.97 Å². The van der Waals surface area contributed by atoms with E-state index in [-0.39, 0.29) is 11.3 Å². The van der Waals surface area contributed by atoms with Crippen LogP contribution in [0.4, 0.5) is 4.39 Å². The maximum Gasteiger partial charge on any atom is 0.254 e. The van der Waals surface area contributed by atoms with Crippen molar-refractivity contribution in [3.05, 3.63) is 45.6 Å². The van der Waals surface area contributed by atoms with Crippen LogP contribution in [0.5, 0.6) is 5.75 Å². The van der Waals surface area contributed by atoms with Gasteiger partial charge in [0.05, 0.1) is 7.11 Å². The van der Waals surface area contributed by atoms with E-state index in [1.54, 1.807) is 19.9 Å². The van der Waals surface area contributed by atoms with E-state index < -0.39 is 5.82 Å². The van der Waals surface area contributed by atoms with Crippen molar-refractivity contribution in [3.63, 3.8) is 0 Å². The number of benzene rings is 1. The van der Waals surface area contributed by atoms with Crippen LogP contribution >= 0.6 is 0 Å². The van der Waals surface area contributed by atoms with Gasteiger partial charge in [-0.2, -0.15) is 0 Å². The molecule has 0 amide bonds. The molecule has 2 rings (SSSR count). The summed E-state index contributed by atoms with van der Waals surface area (Å²) in [6.45, 7) is 3.46. The van der Waals surface area contributed by atoms with Gasteiger partial charge in [-0.3, -0.25) is 4.79 Å². The van der Waals surface area contributed by atoms with Crippen LogP contribution in [0.1, 0.15) is 11.3 Å². The Morgan fingerprint density at radius 1 is 1.33 bits per heavy atom. The molecule has 0 aliphatic carbocycles. The van der Waals surface area contributed by atoms with Crippen molar-refractivity contribution in [2.75, 3.05) is 7.11 Å². The molecule has 4 nitrogen and oxygen atoms in total. The fourth-order valence-electron chi connectivity index (χ4n) is 1.59. The molecule has 0 spiro atoms. The van der Waals surface area contributed by atoms with Gasteiger partial charge in [-0.1, -0.05) is 0 Å². The zero-order chi connectivity index (χ0) is 13.3. The number of H-pyrrole nitrogens is 1. The van der Waals surface area contributed by atoms with Crippen molar-refractivity contribution < 1.29 is 9.13 Å². The van der Waals surface area contributed by atoms with Crippen LogP contribution in [-0.2, 0) is 0 Å². The molecule has 1 aromatic heterocycles. The minimum Gasteiger partial charge on any atom is -0.494 e. The van der Waals surface area contributed by atoms with E-state index in [0.717, 1.165) is 0 Å². The molecule has 1 aromatic carbocycles. The lowest BCUT2D eigenvalue weighted by molar-refractivity contribution is 0.386. The van der Waals surface area contributed by atoms with E-state index in [1.165, 1.54) is 19.2 Å². The highest BCUT2D eigenvalue weighted by atomic mass is 19.1. The molecule has 0 atom stereocenters. The second-order valence-corrected chi connectivity index (χ2v) is 3.97. The summed E-state index contributed by atoms with van der Waals surface area (Å²) >= 11 is 0. The van der Waals surface area contributed by atoms with Gasteiger partial charge in [0.1, 0.15) is 5.82 Å². The van der Waals surface area contributed by atoms with Gasteiger partial charge < -0.3 is 9.72 Å². The fraction of sp³-hybridized carbons (Fsp3) is 0.231. The lowest BCUT2D eigenvalue weighted by Crippen LogP contribution is -2.14. The molecule has 0 unspecified atom stereocenters. The molecule has 1 N–H and O–H groups in total. The molecule has 0 saturated heterocycles. The Balaban J connectivity index is 2.59. The number of aryl methyl sites for hydroxylation is 1. The van der Waals surface area contributed by atoms with E-state index in [9.17, 15) is 9.18 Å². The average molecular weight is 248 g/mol. The molecule has 0 saturated carbocycles. The molecule has 0 aliphatic heterocycles. The van der Waals surface area contributed by atoms with Gasteiger partial charge in [-0.25, -0.2) is 9.37 Å². The number of nitrogens with one attached hydrogen (secondary N) is 1. The van der Waals surface area contributed by atoms with Crippen LogP contribution < -0.4 is 10.3 Å². The zero-order valence-electron chi connectivity index (χ0n) is 10.4. The predicted molar refractivity (Wildman–Crippen MR) is 66.3 cm³/mol. The van der Waals surface area contributed by atoms with Gasteiger partial charge in [-0.15, -0.1) is 0 Å². The van der Waals surface area contributed by atoms with Gasteiger partial charge in [-0.05, 0) is 32.0 Å². The first-order chi connectivity index (χ1) is 8.52. The third-order valence-electron chi connectivity index (χ3n) is 2.82. The van der Waals surface area contributed by atoms with Crippen molar-refractivity contribution >= 4 is 0 Å². The number of hydrogen-bond donors (Lipinski definition) is 1. The Morgan fingerprint density at radius 2 is 2.06 bits per heavy atom. The predicted octanol–water partition coefficient (Wildman–Crippen LogP) is 2.20. The summed E-state index contributed by atoms with van der Waals surface area (Å²) in [6.07, 6.45) is 0. The van der Waals surface area contributed by atoms with Gasteiger partial charge in [0.25, 0.3) is 5.56 Å². The normalized spacial score (nSPS) is 10.4. The third-order valence-corrected chi connectivity index (χ3v) is 2.82. The Morgan fingerprint density at radius 3 is 2.67 bits per heavy atom. The molecule has 18 heavy (non-hydrogen) atoms. The first-order valence-electron chi connectivity index (χ1n) is 5.44. The molecule has 0 aliphatic rings. The summed E-state index contributed by atoms with van der Waals surface area (Å²) in [5.41, 5.74) is 1.64. The zero-order valence-corrected chi connectivity index (χ0v) is 10.4. The maximum atomic E-state index is 13.3. The summed E-state index contributed by atoms with van der Waals surface area (Å²) in [5, 5.41) is 0. The number of halogens is 1. The van der Waals surface area contributed by atoms with Gasteiger partial charge in [0.2, 0.25) is 0 Å². The van der Waals surface area contributed by atoms with Crippen LogP contribution in [-0.4, -0.2) is 17.1 Å². The highest BCUT2D eigenvalue weighted by Crippen LogP contribution is 2.23. The van der Waals surface area contributed by atoms with Crippen molar-refractivity contribution in [3.8, 4) is 17.1 Å². The largest absolute Gasteiger partial charge is 0.494 e. The topological polar surface area (TPSA) is 55.0 Å². The smallest absolute Gasteiger partial charge is 0.254 e. The summed E-state index contributed by atoms with van der Waals surface area (Å²) in [5.74, 6) is 0.0715. The standard InChI is InChI=1S/C13H13FN2O2/c1-7-8(2)15-12(16-13(7)17)9-4-5-10(14)11(6-9)18-3/h4-6H,1-3H3,(H,15,16,17). The Hall–Kier alpha value is -2.17. The van der Waals surface area contributed by atoms with Crippen molar-refractivity contribution in [2.45, 2.75) is 13.8 Å². The average Bonchev–Trinajstić information content (AvgIpc) is 2.36. The molecular formula is C13H13FN2O2. The van der Waals surface area contributed by atoms with Crippen molar-refractivity contribution in [1.82, 2.24) is 9.97 Å². The highest BCUT2D eigenvalue weighted by Gasteiger charge is 2.09. The highest BCUT2D eigenvalue weighted by molar-refractivity contribution is 5.58. The number of methoxy groups -OCH3 is 1. The molecular weight excluding hydrogens is 235 g/mol. The van der Waals surface area contributed by atoms with E-state index in [4.69, 9.17) is 4.74 Å². The summed E-state index contributed by atoms with van der Waals surface area (Å²) in [4.78, 5) is 18.6. The minimum absolute atomic E-state index is 0.119. The number of nitrogens with zero attached hydrogens (tertiary/aromatic N) is 1. The quantitative estimate of drug-likeness (QED) is 0.886. The molecule has 5 heteroatoms. The van der Waals surface area contributed by atoms with Gasteiger partial charge in [0.15, 0.2) is 11.6 Å². The first-order valence-corrected chi connectivity index (χ1v) is 5.44. The van der Waals surface area contributed by atoms with Gasteiger partial charge >= 0.3 is 0 Å². The minimum atomic E-state index is -0.451. The molecule has 0 radical (unpaired) electrons. The van der Waals surface area contributed by atoms with E-state index >= 15 is 0 Å². The summed E-state index contributed by atoms with van der Waals surface area (Å²) in [6, 6.07) is 4.33. The Labute approximate surface area is 103 Å². The number of aromatic amines is 1. The van der Waals surface area contributed by atoms with Crippen molar-refractivity contribution in [2.24, 2.45) is 0 Å². The second-order valence-electron chi connectivity index (χ2n) is 3.97. The molecule has 94 valence electrons. The molecule has 0 fully saturated rings. The monoisotopic (exact) mass is 248 g/mol. The number of ether oxygens (including phenoxy) is 1. The Kier molecular flexibility index (Phi) is 3.14. The van der Waals surface area contributed by atoms with Crippen LogP contribution in [0.15, 0.2) is 23.0 Å². The lowest BCUT2D eigenvalue weighted by Gasteiger charge is -2.07. The number of aromatic nitrogens is 2. The van der Waals surface area contributed by atoms with Crippen molar-refractivity contribution in [1.29, 1.82) is 0 Å². The molecule has 1 heterocycles. The number of rotatable bonds is 2. The lowest BCUT2D eigenvalue weighted by atomic mass is 10.1. The van der Waals surface area contributed by atoms with Crippen LogP contribution in [0.2, 0.25) is 0 Å². The van der Waals surface area contributed by atoms with Crippen LogP contribution in [0.25, 0.3) is 11.4 Å². The second kappa shape index (κ2) is 4.60. The molecule has 2 aromatic rings. The van der Waals surface area contributed by atoms with E-state index in [1.807, 2.05) is 0 Å². The third kappa shape index (κ3) is 2.11. The van der Waals surface area contributed by atoms with Crippen LogP contribution in [0.3, 0.4) is 0 Å².